The van der Waals surface area contributed by atoms with Crippen molar-refractivity contribution in [3.05, 3.63) is 53.7 Å². The molecule has 0 fully saturated rings. The molecule has 0 saturated carbocycles. The van der Waals surface area contributed by atoms with Crippen LogP contribution in [0.4, 0.5) is 5.13 Å². The Morgan fingerprint density at radius 3 is 2.83 bits per heavy atom. The average Bonchev–Trinajstić information content (AvgIpc) is 3.24. The van der Waals surface area contributed by atoms with Crippen LogP contribution in [0, 0.1) is 0 Å². The van der Waals surface area contributed by atoms with E-state index in [9.17, 15) is 4.79 Å². The van der Waals surface area contributed by atoms with Gasteiger partial charge in [0, 0.05) is 28.9 Å². The highest BCUT2D eigenvalue weighted by atomic mass is 32.1. The van der Waals surface area contributed by atoms with Crippen molar-refractivity contribution in [1.29, 1.82) is 0 Å². The summed E-state index contributed by atoms with van der Waals surface area (Å²) in [6.45, 7) is 0.183. The van der Waals surface area contributed by atoms with Crippen molar-refractivity contribution < 1.29 is 14.3 Å². The van der Waals surface area contributed by atoms with Gasteiger partial charge in [-0.1, -0.05) is 0 Å². The van der Waals surface area contributed by atoms with Gasteiger partial charge >= 0.3 is 0 Å². The maximum absolute atomic E-state index is 12.3. The second-order valence-corrected chi connectivity index (χ2v) is 5.65. The molecule has 0 unspecified atom stereocenters. The number of carbonyl (C=O) groups excluding carboxylic acids is 1. The van der Waals surface area contributed by atoms with Gasteiger partial charge in [-0.25, -0.2) is 4.98 Å². The standard InChI is InChI=1S/C16H11N3O3S/c20-15(11-1-2-13-14(7-11)22-9-21-13)19-16-18-12(8-23-16)10-3-5-17-6-4-10/h1-8H,9H2,(H,18,19,20). The fraction of sp³-hybridized carbons (Fsp3) is 0.0625. The lowest BCUT2D eigenvalue weighted by Crippen LogP contribution is -2.11. The Bertz CT molecular complexity index is 864. The molecule has 1 aliphatic rings. The molecule has 6 nitrogen and oxygen atoms in total. The Labute approximate surface area is 135 Å². The molecule has 23 heavy (non-hydrogen) atoms. The number of thiazole rings is 1. The van der Waals surface area contributed by atoms with Gasteiger partial charge in [0.1, 0.15) is 0 Å². The molecule has 114 valence electrons. The molecule has 1 amide bonds. The van der Waals surface area contributed by atoms with Crippen LogP contribution in [0.2, 0.25) is 0 Å². The molecule has 0 saturated heterocycles. The SMILES string of the molecule is O=C(Nc1nc(-c2ccncc2)cs1)c1ccc2c(c1)OCO2. The topological polar surface area (TPSA) is 73.3 Å². The molecule has 0 spiro atoms. The van der Waals surface area contributed by atoms with Crippen LogP contribution in [0.25, 0.3) is 11.3 Å². The molecule has 1 aliphatic heterocycles. The minimum Gasteiger partial charge on any atom is -0.454 e. The smallest absolute Gasteiger partial charge is 0.257 e. The first kappa shape index (κ1) is 13.7. The zero-order valence-electron chi connectivity index (χ0n) is 11.9. The largest absolute Gasteiger partial charge is 0.454 e. The second-order valence-electron chi connectivity index (χ2n) is 4.80. The van der Waals surface area contributed by atoms with E-state index in [4.69, 9.17) is 9.47 Å². The molecule has 1 aromatic carbocycles. The summed E-state index contributed by atoms with van der Waals surface area (Å²) >= 11 is 1.37. The van der Waals surface area contributed by atoms with Crippen LogP contribution in [0.1, 0.15) is 10.4 Å². The van der Waals surface area contributed by atoms with Gasteiger partial charge in [-0.2, -0.15) is 0 Å². The number of carbonyl (C=O) groups is 1. The first-order chi connectivity index (χ1) is 11.3. The van der Waals surface area contributed by atoms with E-state index >= 15 is 0 Å². The Balaban J connectivity index is 1.52. The summed E-state index contributed by atoms with van der Waals surface area (Å²) in [6, 6.07) is 8.83. The van der Waals surface area contributed by atoms with Crippen LogP contribution >= 0.6 is 11.3 Å². The second kappa shape index (κ2) is 5.69. The van der Waals surface area contributed by atoms with Crippen LogP contribution in [0.5, 0.6) is 11.5 Å². The van der Waals surface area contributed by atoms with Crippen LogP contribution in [0.15, 0.2) is 48.1 Å². The van der Waals surface area contributed by atoms with Gasteiger partial charge in [-0.3, -0.25) is 15.1 Å². The summed E-state index contributed by atoms with van der Waals surface area (Å²) in [5.74, 6) is 0.990. The number of amides is 1. The summed E-state index contributed by atoms with van der Waals surface area (Å²) in [4.78, 5) is 20.7. The molecular weight excluding hydrogens is 314 g/mol. The number of ether oxygens (including phenoxy) is 2. The molecule has 3 heterocycles. The number of fused-ring (bicyclic) bond motifs is 1. The maximum Gasteiger partial charge on any atom is 0.257 e. The molecular formula is C16H11N3O3S. The highest BCUT2D eigenvalue weighted by Gasteiger charge is 2.17. The quantitative estimate of drug-likeness (QED) is 0.800. The zero-order chi connectivity index (χ0) is 15.6. The number of hydrogen-bond donors (Lipinski definition) is 1. The number of rotatable bonds is 3. The maximum atomic E-state index is 12.3. The van der Waals surface area contributed by atoms with E-state index < -0.39 is 0 Å². The van der Waals surface area contributed by atoms with Crippen LogP contribution in [0.3, 0.4) is 0 Å². The van der Waals surface area contributed by atoms with E-state index in [1.54, 1.807) is 30.6 Å². The van der Waals surface area contributed by atoms with E-state index in [-0.39, 0.29) is 12.7 Å². The van der Waals surface area contributed by atoms with Crippen LogP contribution < -0.4 is 14.8 Å². The number of nitrogens with one attached hydrogen (secondary N) is 1. The molecule has 1 N–H and O–H groups in total. The van der Waals surface area contributed by atoms with Gasteiger partial charge in [0.25, 0.3) is 5.91 Å². The van der Waals surface area contributed by atoms with Gasteiger partial charge in [0.15, 0.2) is 16.6 Å². The fourth-order valence-corrected chi connectivity index (χ4v) is 2.91. The van der Waals surface area contributed by atoms with Crippen molar-refractivity contribution in [2.45, 2.75) is 0 Å². The summed E-state index contributed by atoms with van der Waals surface area (Å²) in [6.07, 6.45) is 3.42. The van der Waals surface area contributed by atoms with Crippen molar-refractivity contribution in [3.63, 3.8) is 0 Å². The molecule has 3 aromatic rings. The lowest BCUT2D eigenvalue weighted by atomic mass is 10.2. The zero-order valence-corrected chi connectivity index (χ0v) is 12.7. The lowest BCUT2D eigenvalue weighted by Gasteiger charge is -2.03. The summed E-state index contributed by atoms with van der Waals surface area (Å²) in [5.41, 5.74) is 2.26. The van der Waals surface area contributed by atoms with Gasteiger partial charge < -0.3 is 9.47 Å². The highest BCUT2D eigenvalue weighted by molar-refractivity contribution is 7.14. The fourth-order valence-electron chi connectivity index (χ4n) is 2.19. The third kappa shape index (κ3) is 2.74. The van der Waals surface area contributed by atoms with Crippen molar-refractivity contribution in [1.82, 2.24) is 9.97 Å². The average molecular weight is 325 g/mol. The van der Waals surface area contributed by atoms with E-state index in [1.165, 1.54) is 11.3 Å². The monoisotopic (exact) mass is 325 g/mol. The summed E-state index contributed by atoms with van der Waals surface area (Å²) in [7, 11) is 0. The predicted molar refractivity (Wildman–Crippen MR) is 85.9 cm³/mol. The first-order valence-corrected chi connectivity index (χ1v) is 7.74. The number of nitrogens with zero attached hydrogens (tertiary/aromatic N) is 2. The Kier molecular flexibility index (Phi) is 3.39. The third-order valence-corrected chi connectivity index (χ3v) is 4.09. The van der Waals surface area contributed by atoms with E-state index in [0.717, 1.165) is 11.3 Å². The highest BCUT2D eigenvalue weighted by Crippen LogP contribution is 2.33. The van der Waals surface area contributed by atoms with Crippen molar-refractivity contribution in [3.8, 4) is 22.8 Å². The predicted octanol–water partition coefficient (Wildman–Crippen LogP) is 3.19. The van der Waals surface area contributed by atoms with Crippen molar-refractivity contribution in [2.24, 2.45) is 0 Å². The van der Waals surface area contributed by atoms with E-state index in [1.807, 2.05) is 17.5 Å². The minimum absolute atomic E-state index is 0.183. The lowest BCUT2D eigenvalue weighted by molar-refractivity contribution is 0.102. The summed E-state index contributed by atoms with van der Waals surface area (Å²) in [5, 5.41) is 5.23. The van der Waals surface area contributed by atoms with Crippen molar-refractivity contribution >= 4 is 22.4 Å². The molecule has 4 rings (SSSR count). The van der Waals surface area contributed by atoms with E-state index in [2.05, 4.69) is 15.3 Å². The number of pyridine rings is 1. The summed E-state index contributed by atoms with van der Waals surface area (Å²) < 4.78 is 10.5. The Morgan fingerprint density at radius 1 is 1.13 bits per heavy atom. The normalized spacial score (nSPS) is 12.2. The van der Waals surface area contributed by atoms with Gasteiger partial charge in [0.2, 0.25) is 6.79 Å². The Hall–Kier alpha value is -2.93. The number of aromatic nitrogens is 2. The first-order valence-electron chi connectivity index (χ1n) is 6.86. The Morgan fingerprint density at radius 2 is 1.96 bits per heavy atom. The van der Waals surface area contributed by atoms with Crippen LogP contribution in [-0.4, -0.2) is 22.7 Å². The molecule has 7 heteroatoms. The van der Waals surface area contributed by atoms with Gasteiger partial charge in [0.05, 0.1) is 5.69 Å². The van der Waals surface area contributed by atoms with Gasteiger partial charge in [-0.15, -0.1) is 11.3 Å². The molecule has 0 bridgehead atoms. The third-order valence-electron chi connectivity index (χ3n) is 3.34. The van der Waals surface area contributed by atoms with Crippen LogP contribution in [-0.2, 0) is 0 Å². The number of hydrogen-bond acceptors (Lipinski definition) is 6. The molecule has 2 aromatic heterocycles. The number of benzene rings is 1. The molecule has 0 atom stereocenters. The molecule has 0 radical (unpaired) electrons. The molecule has 0 aliphatic carbocycles. The minimum atomic E-state index is -0.237. The van der Waals surface area contributed by atoms with E-state index in [0.29, 0.717) is 22.2 Å². The number of anilines is 1. The van der Waals surface area contributed by atoms with Crippen molar-refractivity contribution in [2.75, 3.05) is 12.1 Å². The van der Waals surface area contributed by atoms with Gasteiger partial charge in [-0.05, 0) is 30.3 Å².